The average molecular weight is 263 g/mol. The van der Waals surface area contributed by atoms with Gasteiger partial charge in [-0.15, -0.1) is 0 Å². The summed E-state index contributed by atoms with van der Waals surface area (Å²) in [5.74, 6) is 1.28. The van der Waals surface area contributed by atoms with Crippen LogP contribution in [0.2, 0.25) is 0 Å². The number of hydrogen-bond acceptors (Lipinski definition) is 2. The highest BCUT2D eigenvalue weighted by Crippen LogP contribution is 2.60. The maximum absolute atomic E-state index is 12.6. The molecule has 2 aliphatic carbocycles. The van der Waals surface area contributed by atoms with Gasteiger partial charge in [0.1, 0.15) is 0 Å². The van der Waals surface area contributed by atoms with E-state index in [1.54, 1.807) is 16.4 Å². The first-order chi connectivity index (χ1) is 8.59. The second kappa shape index (κ2) is 3.36. The maximum atomic E-state index is 12.6. The van der Waals surface area contributed by atoms with Crippen molar-refractivity contribution in [1.82, 2.24) is 4.31 Å². The van der Waals surface area contributed by atoms with Gasteiger partial charge in [-0.25, -0.2) is 8.42 Å². The summed E-state index contributed by atoms with van der Waals surface area (Å²) < 4.78 is 26.9. The highest BCUT2D eigenvalue weighted by Gasteiger charge is 2.68. The van der Waals surface area contributed by atoms with Gasteiger partial charge in [0, 0.05) is 12.1 Å². The molecule has 0 N–H and O–H groups in total. The lowest BCUT2D eigenvalue weighted by Gasteiger charge is -2.12. The van der Waals surface area contributed by atoms with E-state index in [9.17, 15) is 8.42 Å². The largest absolute Gasteiger partial charge is 0.243 e. The van der Waals surface area contributed by atoms with Crippen molar-refractivity contribution in [3.8, 4) is 0 Å². The minimum Gasteiger partial charge on any atom is -0.207 e. The van der Waals surface area contributed by atoms with Crippen molar-refractivity contribution in [2.45, 2.75) is 43.2 Å². The van der Waals surface area contributed by atoms with Crippen LogP contribution in [0, 0.1) is 18.8 Å². The van der Waals surface area contributed by atoms with Crippen molar-refractivity contribution in [2.75, 3.05) is 0 Å². The minimum atomic E-state index is -3.23. The van der Waals surface area contributed by atoms with Crippen LogP contribution in [-0.4, -0.2) is 24.8 Å². The Balaban J connectivity index is 1.68. The average Bonchev–Trinajstić information content (AvgIpc) is 2.83. The van der Waals surface area contributed by atoms with Gasteiger partial charge in [0.25, 0.3) is 0 Å². The van der Waals surface area contributed by atoms with E-state index in [2.05, 4.69) is 0 Å². The Morgan fingerprint density at radius 1 is 1.06 bits per heavy atom. The van der Waals surface area contributed by atoms with Crippen LogP contribution in [0.5, 0.6) is 0 Å². The molecule has 18 heavy (non-hydrogen) atoms. The molecule has 0 aromatic heterocycles. The fraction of sp³-hybridized carbons (Fsp3) is 0.571. The van der Waals surface area contributed by atoms with E-state index in [-0.39, 0.29) is 0 Å². The van der Waals surface area contributed by atoms with Gasteiger partial charge in [0.2, 0.25) is 10.0 Å². The third-order valence-electron chi connectivity index (χ3n) is 4.92. The Kier molecular flexibility index (Phi) is 2.06. The molecule has 1 heterocycles. The van der Waals surface area contributed by atoms with Crippen LogP contribution in [0.3, 0.4) is 0 Å². The molecule has 96 valence electrons. The number of benzene rings is 1. The van der Waals surface area contributed by atoms with E-state index < -0.39 is 10.0 Å². The van der Waals surface area contributed by atoms with Crippen LogP contribution in [0.1, 0.15) is 24.8 Å². The predicted molar refractivity (Wildman–Crippen MR) is 68.6 cm³/mol. The zero-order valence-electron chi connectivity index (χ0n) is 10.4. The molecule has 4 heteroatoms. The summed E-state index contributed by atoms with van der Waals surface area (Å²) in [4.78, 5) is 0.460. The molecule has 1 aliphatic heterocycles. The van der Waals surface area contributed by atoms with Crippen molar-refractivity contribution in [1.29, 1.82) is 0 Å². The molecule has 0 radical (unpaired) electrons. The van der Waals surface area contributed by atoms with Gasteiger partial charge < -0.3 is 0 Å². The van der Waals surface area contributed by atoms with Crippen molar-refractivity contribution in [2.24, 2.45) is 11.8 Å². The second-order valence-corrected chi connectivity index (χ2v) is 7.81. The van der Waals surface area contributed by atoms with E-state index in [4.69, 9.17) is 0 Å². The quantitative estimate of drug-likeness (QED) is 0.767. The van der Waals surface area contributed by atoms with Gasteiger partial charge >= 0.3 is 0 Å². The van der Waals surface area contributed by atoms with Crippen LogP contribution in [0.15, 0.2) is 29.2 Å². The molecule has 0 spiro atoms. The van der Waals surface area contributed by atoms with Crippen LogP contribution in [0.25, 0.3) is 0 Å². The molecule has 0 amide bonds. The van der Waals surface area contributed by atoms with Crippen LogP contribution < -0.4 is 0 Å². The number of fused-ring (bicyclic) bond motifs is 5. The van der Waals surface area contributed by atoms with Gasteiger partial charge in [-0.2, -0.15) is 4.31 Å². The first-order valence-corrected chi connectivity index (χ1v) is 8.13. The zero-order chi connectivity index (χ0) is 12.5. The van der Waals surface area contributed by atoms with E-state index in [1.807, 2.05) is 19.1 Å². The van der Waals surface area contributed by atoms with Crippen molar-refractivity contribution in [3.63, 3.8) is 0 Å². The molecular formula is C14H17NO2S. The summed E-state index contributed by atoms with van der Waals surface area (Å²) in [7, 11) is -3.23. The molecule has 4 rings (SSSR count). The Bertz CT molecular complexity index is 577. The Hall–Kier alpha value is -0.870. The summed E-state index contributed by atoms with van der Waals surface area (Å²) >= 11 is 0. The lowest BCUT2D eigenvalue weighted by molar-refractivity contribution is 0.447. The normalized spacial score (nSPS) is 40.8. The first-order valence-electron chi connectivity index (χ1n) is 6.69. The zero-order valence-corrected chi connectivity index (χ0v) is 11.2. The number of rotatable bonds is 2. The SMILES string of the molecule is Cc1ccc(S(=O)(=O)N2[C@@H]3[C@H]4CC[C@H](C4)[C@@H]32)cc1. The molecule has 2 saturated carbocycles. The third-order valence-corrected chi connectivity index (χ3v) is 6.83. The lowest BCUT2D eigenvalue weighted by Crippen LogP contribution is -2.21. The van der Waals surface area contributed by atoms with Crippen LogP contribution in [0.4, 0.5) is 0 Å². The van der Waals surface area contributed by atoms with Gasteiger partial charge in [-0.1, -0.05) is 17.7 Å². The fourth-order valence-corrected chi connectivity index (χ4v) is 5.95. The van der Waals surface area contributed by atoms with E-state index in [1.165, 1.54) is 19.3 Å². The summed E-state index contributed by atoms with van der Waals surface area (Å²) in [6.07, 6.45) is 3.72. The predicted octanol–water partition coefficient (Wildman–Crippen LogP) is 2.17. The Morgan fingerprint density at radius 3 is 2.17 bits per heavy atom. The van der Waals surface area contributed by atoms with E-state index >= 15 is 0 Å². The molecule has 1 aromatic rings. The molecule has 5 atom stereocenters. The molecule has 1 aromatic carbocycles. The number of hydrogen-bond donors (Lipinski definition) is 0. The Morgan fingerprint density at radius 2 is 1.61 bits per heavy atom. The minimum absolute atomic E-state index is 0.329. The molecule has 1 saturated heterocycles. The van der Waals surface area contributed by atoms with E-state index in [0.29, 0.717) is 28.8 Å². The topological polar surface area (TPSA) is 37.1 Å². The summed E-state index contributed by atoms with van der Waals surface area (Å²) in [5, 5.41) is 0. The van der Waals surface area contributed by atoms with Crippen LogP contribution in [-0.2, 0) is 10.0 Å². The van der Waals surface area contributed by atoms with Gasteiger partial charge in [-0.3, -0.25) is 0 Å². The van der Waals surface area contributed by atoms with Crippen molar-refractivity contribution >= 4 is 10.0 Å². The molecule has 2 bridgehead atoms. The highest BCUT2D eigenvalue weighted by molar-refractivity contribution is 7.89. The van der Waals surface area contributed by atoms with E-state index in [0.717, 1.165) is 5.56 Å². The van der Waals surface area contributed by atoms with Gasteiger partial charge in [0.05, 0.1) is 4.90 Å². The summed E-state index contributed by atoms with van der Waals surface area (Å²) in [5.41, 5.74) is 1.10. The molecule has 1 unspecified atom stereocenters. The lowest BCUT2D eigenvalue weighted by atomic mass is 10.0. The van der Waals surface area contributed by atoms with Crippen molar-refractivity contribution in [3.05, 3.63) is 29.8 Å². The van der Waals surface area contributed by atoms with Gasteiger partial charge in [0.15, 0.2) is 0 Å². The Labute approximate surface area is 108 Å². The fourth-order valence-electron chi connectivity index (χ4n) is 4.05. The highest BCUT2D eigenvalue weighted by atomic mass is 32.2. The molecule has 3 nitrogen and oxygen atoms in total. The molecular weight excluding hydrogens is 246 g/mol. The number of aryl methyl sites for hydroxylation is 1. The third kappa shape index (κ3) is 1.30. The van der Waals surface area contributed by atoms with Gasteiger partial charge in [-0.05, 0) is 50.2 Å². The molecule has 3 fully saturated rings. The number of piperidine rings is 1. The monoisotopic (exact) mass is 263 g/mol. The summed E-state index contributed by atoms with van der Waals surface area (Å²) in [6.45, 7) is 1.97. The smallest absolute Gasteiger partial charge is 0.207 e. The van der Waals surface area contributed by atoms with Crippen LogP contribution >= 0.6 is 0 Å². The first kappa shape index (κ1) is 11.0. The summed E-state index contributed by atoms with van der Waals surface area (Å²) in [6, 6.07) is 7.88. The maximum Gasteiger partial charge on any atom is 0.243 e. The molecule has 3 aliphatic rings. The van der Waals surface area contributed by atoms with Crippen molar-refractivity contribution < 1.29 is 8.42 Å². The number of sulfonamides is 1. The standard InChI is InChI=1S/C14H17NO2S/c1-9-2-6-12(7-3-9)18(16,17)15-13-10-4-5-11(8-10)14(13)15/h2-3,6-7,10-11,13-14H,4-5,8H2,1H3/t10-,11+,13+,14-,15?. The number of nitrogens with zero attached hydrogens (tertiary/aromatic N) is 1. The second-order valence-electron chi connectivity index (χ2n) is 5.96.